The molecule has 134 valence electrons. The summed E-state index contributed by atoms with van der Waals surface area (Å²) in [4.78, 5) is 26.9. The lowest BCUT2D eigenvalue weighted by Crippen LogP contribution is -2.32. The highest BCUT2D eigenvalue weighted by Gasteiger charge is 2.38. The number of hydrogen-bond acceptors (Lipinski definition) is 4. The smallest absolute Gasteiger partial charge is 0.278 e. The SMILES string of the molecule is CCN1C(=O)C(Nc2ccc(C)cc2C)=C(c2ccc(OC)cc2)C1=O. The van der Waals surface area contributed by atoms with E-state index in [1.807, 2.05) is 32.0 Å². The van der Waals surface area contributed by atoms with E-state index >= 15 is 0 Å². The fourth-order valence-electron chi connectivity index (χ4n) is 3.09. The summed E-state index contributed by atoms with van der Waals surface area (Å²) >= 11 is 0. The number of aryl methyl sites for hydroxylation is 2. The summed E-state index contributed by atoms with van der Waals surface area (Å²) in [5, 5.41) is 3.19. The summed E-state index contributed by atoms with van der Waals surface area (Å²) in [6, 6.07) is 13.1. The predicted molar refractivity (Wildman–Crippen MR) is 102 cm³/mol. The minimum Gasteiger partial charge on any atom is -0.497 e. The molecule has 0 saturated carbocycles. The Morgan fingerprint density at radius 2 is 1.69 bits per heavy atom. The van der Waals surface area contributed by atoms with Crippen LogP contribution in [0.3, 0.4) is 0 Å². The van der Waals surface area contributed by atoms with Gasteiger partial charge < -0.3 is 10.1 Å². The monoisotopic (exact) mass is 350 g/mol. The number of benzene rings is 2. The molecule has 1 N–H and O–H groups in total. The Morgan fingerprint density at radius 3 is 2.27 bits per heavy atom. The zero-order valence-electron chi connectivity index (χ0n) is 15.4. The second kappa shape index (κ2) is 7.04. The van der Waals surface area contributed by atoms with E-state index in [1.54, 1.807) is 38.3 Å². The minimum atomic E-state index is -0.303. The molecule has 1 aliphatic rings. The third-order valence-corrected chi connectivity index (χ3v) is 4.50. The van der Waals surface area contributed by atoms with E-state index in [0.29, 0.717) is 29.1 Å². The fourth-order valence-corrected chi connectivity index (χ4v) is 3.09. The van der Waals surface area contributed by atoms with Crippen LogP contribution in [0.25, 0.3) is 5.57 Å². The molecule has 0 aromatic heterocycles. The number of nitrogens with zero attached hydrogens (tertiary/aromatic N) is 1. The van der Waals surface area contributed by atoms with Gasteiger partial charge in [-0.1, -0.05) is 29.8 Å². The van der Waals surface area contributed by atoms with Gasteiger partial charge in [0.25, 0.3) is 11.8 Å². The maximum atomic E-state index is 12.8. The van der Waals surface area contributed by atoms with Crippen LogP contribution in [0.5, 0.6) is 5.75 Å². The summed E-state index contributed by atoms with van der Waals surface area (Å²) < 4.78 is 5.18. The highest BCUT2D eigenvalue weighted by Crippen LogP contribution is 2.32. The molecule has 0 atom stereocenters. The van der Waals surface area contributed by atoms with Crippen LogP contribution >= 0.6 is 0 Å². The molecule has 5 nitrogen and oxygen atoms in total. The van der Waals surface area contributed by atoms with Crippen molar-refractivity contribution in [3.63, 3.8) is 0 Å². The predicted octanol–water partition coefficient (Wildman–Crippen LogP) is 3.52. The number of carbonyl (C=O) groups excluding carboxylic acids is 2. The van der Waals surface area contributed by atoms with Gasteiger partial charge in [0, 0.05) is 12.2 Å². The topological polar surface area (TPSA) is 58.6 Å². The van der Waals surface area contributed by atoms with Crippen molar-refractivity contribution >= 4 is 23.1 Å². The van der Waals surface area contributed by atoms with Gasteiger partial charge in [0.1, 0.15) is 11.4 Å². The normalized spacial score (nSPS) is 14.2. The zero-order valence-corrected chi connectivity index (χ0v) is 15.4. The molecule has 0 radical (unpaired) electrons. The molecule has 2 aromatic rings. The third kappa shape index (κ3) is 3.08. The van der Waals surface area contributed by atoms with Gasteiger partial charge >= 0.3 is 0 Å². The van der Waals surface area contributed by atoms with E-state index in [9.17, 15) is 9.59 Å². The molecule has 5 heteroatoms. The second-order valence-electron chi connectivity index (χ2n) is 6.28. The summed E-state index contributed by atoms with van der Waals surface area (Å²) in [6.45, 7) is 6.11. The van der Waals surface area contributed by atoms with Crippen LogP contribution in [-0.2, 0) is 9.59 Å². The molecular weight excluding hydrogens is 328 g/mol. The van der Waals surface area contributed by atoms with E-state index < -0.39 is 0 Å². The summed E-state index contributed by atoms with van der Waals surface area (Å²) in [7, 11) is 1.59. The molecule has 26 heavy (non-hydrogen) atoms. The first-order valence-corrected chi connectivity index (χ1v) is 8.55. The fraction of sp³-hybridized carbons (Fsp3) is 0.238. The Kier molecular flexibility index (Phi) is 4.80. The Hall–Kier alpha value is -3.08. The van der Waals surface area contributed by atoms with Crippen molar-refractivity contribution in [2.45, 2.75) is 20.8 Å². The summed E-state index contributed by atoms with van der Waals surface area (Å²) in [5.74, 6) is 0.112. The number of imide groups is 1. The van der Waals surface area contributed by atoms with Crippen molar-refractivity contribution in [2.24, 2.45) is 0 Å². The number of hydrogen-bond donors (Lipinski definition) is 1. The third-order valence-electron chi connectivity index (χ3n) is 4.50. The number of methoxy groups -OCH3 is 1. The van der Waals surface area contributed by atoms with Crippen LogP contribution in [0, 0.1) is 13.8 Å². The number of nitrogens with one attached hydrogen (secondary N) is 1. The Bertz CT molecular complexity index is 898. The lowest BCUT2D eigenvalue weighted by atomic mass is 10.0. The average Bonchev–Trinajstić information content (AvgIpc) is 2.87. The average molecular weight is 350 g/mol. The number of amides is 2. The first kappa shape index (κ1) is 17.7. The standard InChI is InChI=1S/C21H22N2O3/c1-5-23-20(24)18(15-7-9-16(26-4)10-8-15)19(21(23)25)22-17-11-6-13(2)12-14(17)3/h6-12,22H,5H2,1-4H3. The molecule has 0 saturated heterocycles. The van der Waals surface area contributed by atoms with Crippen LogP contribution in [0.4, 0.5) is 5.69 Å². The quantitative estimate of drug-likeness (QED) is 0.838. The Labute approximate surface area is 153 Å². The van der Waals surface area contributed by atoms with E-state index in [0.717, 1.165) is 16.8 Å². The van der Waals surface area contributed by atoms with Gasteiger partial charge in [-0.15, -0.1) is 0 Å². The van der Waals surface area contributed by atoms with Gasteiger partial charge in [0.2, 0.25) is 0 Å². The summed E-state index contributed by atoms with van der Waals surface area (Å²) in [5.41, 5.74) is 4.36. The van der Waals surface area contributed by atoms with Crippen molar-refractivity contribution < 1.29 is 14.3 Å². The number of rotatable bonds is 5. The summed E-state index contributed by atoms with van der Waals surface area (Å²) in [6.07, 6.45) is 0. The van der Waals surface area contributed by atoms with Crippen LogP contribution in [0.1, 0.15) is 23.6 Å². The van der Waals surface area contributed by atoms with Crippen LogP contribution in [0.15, 0.2) is 48.2 Å². The molecule has 3 rings (SSSR count). The van der Waals surface area contributed by atoms with Crippen molar-refractivity contribution in [1.82, 2.24) is 4.90 Å². The molecule has 0 bridgehead atoms. The van der Waals surface area contributed by atoms with Crippen molar-refractivity contribution in [3.8, 4) is 5.75 Å². The lowest BCUT2D eigenvalue weighted by molar-refractivity contribution is -0.136. The van der Waals surface area contributed by atoms with E-state index in [1.165, 1.54) is 4.90 Å². The van der Waals surface area contributed by atoms with E-state index in [2.05, 4.69) is 5.32 Å². The molecule has 1 aliphatic heterocycles. The van der Waals surface area contributed by atoms with E-state index in [4.69, 9.17) is 4.74 Å². The van der Waals surface area contributed by atoms with Crippen LogP contribution < -0.4 is 10.1 Å². The largest absolute Gasteiger partial charge is 0.497 e. The number of anilines is 1. The molecule has 0 unspecified atom stereocenters. The molecule has 0 fully saturated rings. The first-order chi connectivity index (χ1) is 12.5. The zero-order chi connectivity index (χ0) is 18.8. The lowest BCUT2D eigenvalue weighted by Gasteiger charge is -2.13. The van der Waals surface area contributed by atoms with Crippen LogP contribution in [-0.4, -0.2) is 30.4 Å². The van der Waals surface area contributed by atoms with Crippen molar-refractivity contribution in [2.75, 3.05) is 19.0 Å². The highest BCUT2D eigenvalue weighted by atomic mass is 16.5. The Morgan fingerprint density at radius 1 is 1.00 bits per heavy atom. The molecule has 1 heterocycles. The van der Waals surface area contributed by atoms with E-state index in [-0.39, 0.29) is 11.8 Å². The van der Waals surface area contributed by atoms with Gasteiger partial charge in [0.15, 0.2) is 0 Å². The maximum absolute atomic E-state index is 12.8. The highest BCUT2D eigenvalue weighted by molar-refractivity contribution is 6.36. The van der Waals surface area contributed by atoms with Gasteiger partial charge in [-0.25, -0.2) is 0 Å². The van der Waals surface area contributed by atoms with Gasteiger partial charge in [0.05, 0.1) is 12.7 Å². The maximum Gasteiger partial charge on any atom is 0.278 e. The molecular formula is C21H22N2O3. The number of ether oxygens (including phenoxy) is 1. The van der Waals surface area contributed by atoms with Gasteiger partial charge in [-0.3, -0.25) is 14.5 Å². The number of likely N-dealkylation sites (N-methyl/N-ethyl adjacent to an activating group) is 1. The van der Waals surface area contributed by atoms with Crippen molar-refractivity contribution in [1.29, 1.82) is 0 Å². The molecule has 0 spiro atoms. The second-order valence-corrected chi connectivity index (χ2v) is 6.28. The molecule has 2 aromatic carbocycles. The Balaban J connectivity index is 2.08. The van der Waals surface area contributed by atoms with Crippen molar-refractivity contribution in [3.05, 3.63) is 64.9 Å². The molecule has 0 aliphatic carbocycles. The van der Waals surface area contributed by atoms with Gasteiger partial charge in [-0.2, -0.15) is 0 Å². The molecule has 2 amide bonds. The van der Waals surface area contributed by atoms with Gasteiger partial charge in [-0.05, 0) is 50.1 Å². The van der Waals surface area contributed by atoms with Crippen LogP contribution in [0.2, 0.25) is 0 Å². The number of carbonyl (C=O) groups is 2. The first-order valence-electron chi connectivity index (χ1n) is 8.55. The minimum absolute atomic E-state index is 0.282.